The Hall–Kier alpha value is -1.15. The third-order valence-electron chi connectivity index (χ3n) is 2.65. The molecule has 4 nitrogen and oxygen atoms in total. The maximum Gasteiger partial charge on any atom is 0.327 e. The van der Waals surface area contributed by atoms with Crippen molar-refractivity contribution in [2.45, 2.75) is 6.04 Å². The molecule has 0 saturated carbocycles. The third-order valence-corrected chi connectivity index (χ3v) is 4.12. The first-order valence-corrected chi connectivity index (χ1v) is 7.12. The lowest BCUT2D eigenvalue weighted by Crippen LogP contribution is -2.42. The van der Waals surface area contributed by atoms with Gasteiger partial charge in [0.05, 0.1) is 5.88 Å². The molecule has 1 unspecified atom stereocenters. The second kappa shape index (κ2) is 5.46. The number of halogens is 3. The first kappa shape index (κ1) is 14.3. The molecule has 2 rings (SSSR count). The second-order valence-electron chi connectivity index (χ2n) is 3.87. The Kier molecular flexibility index (Phi) is 4.10. The van der Waals surface area contributed by atoms with Crippen LogP contribution in [0.5, 0.6) is 0 Å². The number of carboxylic acid groups (broad SMARTS) is 1. The van der Waals surface area contributed by atoms with Crippen LogP contribution in [0.4, 0.5) is 8.78 Å². The molecule has 1 N–H and O–H groups in total. The third kappa shape index (κ3) is 2.74. The van der Waals surface area contributed by atoms with Crippen LogP contribution in [0.1, 0.15) is 10.4 Å². The monoisotopic (exact) mass is 351 g/mol. The molecule has 1 heterocycles. The summed E-state index contributed by atoms with van der Waals surface area (Å²) in [6.07, 6.45) is 0. The molecular weight excluding hydrogens is 344 g/mol. The molecule has 19 heavy (non-hydrogen) atoms. The van der Waals surface area contributed by atoms with E-state index in [9.17, 15) is 18.4 Å². The molecule has 1 aliphatic rings. The lowest BCUT2D eigenvalue weighted by molar-refractivity contribution is -0.140. The van der Waals surface area contributed by atoms with E-state index in [1.807, 2.05) is 0 Å². The van der Waals surface area contributed by atoms with E-state index in [1.54, 1.807) is 0 Å². The molecule has 0 radical (unpaired) electrons. The summed E-state index contributed by atoms with van der Waals surface area (Å²) in [6.45, 7) is 0. The van der Waals surface area contributed by atoms with Gasteiger partial charge in [0.25, 0.3) is 5.91 Å². The predicted octanol–water partition coefficient (Wildman–Crippen LogP) is 2.33. The molecule has 1 atom stereocenters. The van der Waals surface area contributed by atoms with E-state index < -0.39 is 35.1 Å². The number of carboxylic acids is 1. The van der Waals surface area contributed by atoms with Gasteiger partial charge in [0, 0.05) is 10.2 Å². The summed E-state index contributed by atoms with van der Waals surface area (Å²) < 4.78 is 27.5. The molecule has 1 saturated heterocycles. The van der Waals surface area contributed by atoms with Crippen LogP contribution < -0.4 is 0 Å². The van der Waals surface area contributed by atoms with Crippen LogP contribution >= 0.6 is 27.7 Å². The first-order chi connectivity index (χ1) is 8.91. The summed E-state index contributed by atoms with van der Waals surface area (Å²) in [5, 5.41) is 8.96. The van der Waals surface area contributed by atoms with Crippen molar-refractivity contribution in [1.29, 1.82) is 0 Å². The summed E-state index contributed by atoms with van der Waals surface area (Å²) in [4.78, 5) is 24.0. The fourth-order valence-electron chi connectivity index (χ4n) is 1.74. The molecule has 1 fully saturated rings. The molecular formula is C11H8BrF2NO3S. The van der Waals surface area contributed by atoms with Gasteiger partial charge < -0.3 is 10.0 Å². The van der Waals surface area contributed by atoms with Crippen molar-refractivity contribution in [3.05, 3.63) is 33.8 Å². The van der Waals surface area contributed by atoms with Gasteiger partial charge in [-0.3, -0.25) is 4.79 Å². The minimum Gasteiger partial charge on any atom is -0.480 e. The van der Waals surface area contributed by atoms with Gasteiger partial charge in [0.15, 0.2) is 0 Å². The van der Waals surface area contributed by atoms with E-state index in [2.05, 4.69) is 15.9 Å². The normalized spacial score (nSPS) is 18.7. The zero-order valence-corrected chi connectivity index (χ0v) is 11.8. The van der Waals surface area contributed by atoms with Crippen molar-refractivity contribution in [3.63, 3.8) is 0 Å². The maximum absolute atomic E-state index is 13.7. The van der Waals surface area contributed by atoms with E-state index in [1.165, 1.54) is 11.8 Å². The van der Waals surface area contributed by atoms with E-state index >= 15 is 0 Å². The van der Waals surface area contributed by atoms with Gasteiger partial charge in [-0.2, -0.15) is 0 Å². The average Bonchev–Trinajstić information content (AvgIpc) is 2.75. The second-order valence-corrected chi connectivity index (χ2v) is 5.79. The number of thioether (sulfide) groups is 1. The quantitative estimate of drug-likeness (QED) is 0.888. The Morgan fingerprint density at radius 1 is 1.37 bits per heavy atom. The Labute approximate surface area is 119 Å². The molecule has 102 valence electrons. The van der Waals surface area contributed by atoms with Gasteiger partial charge in [-0.25, -0.2) is 13.6 Å². The van der Waals surface area contributed by atoms with E-state index in [-0.39, 0.29) is 16.1 Å². The highest BCUT2D eigenvalue weighted by Gasteiger charge is 2.37. The number of amides is 1. The molecule has 1 aliphatic heterocycles. The highest BCUT2D eigenvalue weighted by atomic mass is 79.9. The van der Waals surface area contributed by atoms with Crippen LogP contribution in [0.3, 0.4) is 0 Å². The number of hydrogen-bond acceptors (Lipinski definition) is 3. The van der Waals surface area contributed by atoms with Crippen molar-refractivity contribution in [2.24, 2.45) is 0 Å². The SMILES string of the molecule is O=C(O)C1CSCN1C(=O)c1c(F)cc(Br)cc1F. The van der Waals surface area contributed by atoms with Crippen LogP contribution in [-0.4, -0.2) is 39.6 Å². The highest BCUT2D eigenvalue weighted by Crippen LogP contribution is 2.26. The van der Waals surface area contributed by atoms with Crippen LogP contribution in [0.25, 0.3) is 0 Å². The van der Waals surface area contributed by atoms with Crippen molar-refractivity contribution in [1.82, 2.24) is 4.90 Å². The minimum atomic E-state index is -1.18. The lowest BCUT2D eigenvalue weighted by atomic mass is 10.1. The van der Waals surface area contributed by atoms with Crippen LogP contribution in [0, 0.1) is 11.6 Å². The maximum atomic E-state index is 13.7. The van der Waals surface area contributed by atoms with Gasteiger partial charge in [-0.1, -0.05) is 15.9 Å². The number of hydrogen-bond donors (Lipinski definition) is 1. The molecule has 8 heteroatoms. The molecule has 1 aromatic carbocycles. The summed E-state index contributed by atoms with van der Waals surface area (Å²) in [6, 6.07) is 0.880. The number of aliphatic carboxylic acids is 1. The molecule has 1 amide bonds. The van der Waals surface area contributed by atoms with Crippen LogP contribution in [0.2, 0.25) is 0 Å². The van der Waals surface area contributed by atoms with Crippen molar-refractivity contribution in [2.75, 3.05) is 11.6 Å². The van der Waals surface area contributed by atoms with Crippen molar-refractivity contribution in [3.8, 4) is 0 Å². The van der Waals surface area contributed by atoms with Gasteiger partial charge >= 0.3 is 5.97 Å². The summed E-state index contributed by atoms with van der Waals surface area (Å²) in [5.74, 6) is -3.85. The van der Waals surface area contributed by atoms with E-state index in [0.717, 1.165) is 17.0 Å². The Bertz CT molecular complexity index is 532. The molecule has 0 aromatic heterocycles. The minimum absolute atomic E-state index is 0.102. The van der Waals surface area contributed by atoms with Gasteiger partial charge in [-0.15, -0.1) is 11.8 Å². The Morgan fingerprint density at radius 3 is 2.47 bits per heavy atom. The van der Waals surface area contributed by atoms with Crippen molar-refractivity contribution < 1.29 is 23.5 Å². The predicted molar refractivity (Wildman–Crippen MR) is 69.0 cm³/mol. The highest BCUT2D eigenvalue weighted by molar-refractivity contribution is 9.10. The first-order valence-electron chi connectivity index (χ1n) is 5.18. The molecule has 0 bridgehead atoms. The number of carbonyl (C=O) groups excluding carboxylic acids is 1. The number of carbonyl (C=O) groups is 2. The molecule has 0 spiro atoms. The zero-order valence-electron chi connectivity index (χ0n) is 9.40. The number of benzene rings is 1. The summed E-state index contributed by atoms with van der Waals surface area (Å²) >= 11 is 4.14. The summed E-state index contributed by atoms with van der Waals surface area (Å²) in [7, 11) is 0. The van der Waals surface area contributed by atoms with Gasteiger partial charge in [0.1, 0.15) is 23.2 Å². The Morgan fingerprint density at radius 2 is 1.95 bits per heavy atom. The lowest BCUT2D eigenvalue weighted by Gasteiger charge is -2.21. The summed E-state index contributed by atoms with van der Waals surface area (Å²) in [5.41, 5.74) is -0.725. The Balaban J connectivity index is 2.37. The smallest absolute Gasteiger partial charge is 0.327 e. The van der Waals surface area contributed by atoms with Crippen molar-refractivity contribution >= 4 is 39.6 Å². The van der Waals surface area contributed by atoms with Crippen LogP contribution in [0.15, 0.2) is 16.6 Å². The molecule has 0 aliphatic carbocycles. The largest absolute Gasteiger partial charge is 0.480 e. The average molecular weight is 352 g/mol. The van der Waals surface area contributed by atoms with Gasteiger partial charge in [0.2, 0.25) is 0 Å². The fourth-order valence-corrected chi connectivity index (χ4v) is 3.28. The topological polar surface area (TPSA) is 57.6 Å². The van der Waals surface area contributed by atoms with E-state index in [4.69, 9.17) is 5.11 Å². The number of rotatable bonds is 2. The van der Waals surface area contributed by atoms with E-state index in [0.29, 0.717) is 0 Å². The van der Waals surface area contributed by atoms with Crippen LogP contribution in [-0.2, 0) is 4.79 Å². The molecule has 1 aromatic rings. The number of nitrogens with zero attached hydrogens (tertiary/aromatic N) is 1. The standard InChI is InChI=1S/C11H8BrF2NO3S/c12-5-1-6(13)9(7(14)2-5)10(16)15-4-19-3-8(15)11(17)18/h1-2,8H,3-4H2,(H,17,18). The fraction of sp³-hybridized carbons (Fsp3) is 0.273. The van der Waals surface area contributed by atoms with Gasteiger partial charge in [-0.05, 0) is 12.1 Å². The zero-order chi connectivity index (χ0) is 14.2.